The van der Waals surface area contributed by atoms with Gasteiger partial charge in [-0.3, -0.25) is 4.79 Å². The molecule has 2 heterocycles. The molecule has 0 radical (unpaired) electrons. The molecule has 0 saturated carbocycles. The molecule has 1 N–H and O–H groups in total. The summed E-state index contributed by atoms with van der Waals surface area (Å²) in [5.41, 5.74) is 5.15. The maximum Gasteiger partial charge on any atom is 0.273 e. The highest BCUT2D eigenvalue weighted by molar-refractivity contribution is 9.10. The molecule has 4 rings (SSSR count). The largest absolute Gasteiger partial charge is 0.454 e. The molecule has 1 amide bonds. The number of morpholine rings is 1. The topological polar surface area (TPSA) is 81.6 Å². The first-order valence-electron chi connectivity index (χ1n) is 9.53. The molecular formula is C21H22BrN3O5. The summed E-state index contributed by atoms with van der Waals surface area (Å²) in [5, 5.41) is 4.05. The molecule has 9 heteroatoms. The molecule has 0 aromatic heterocycles. The van der Waals surface area contributed by atoms with E-state index < -0.39 is 6.10 Å². The van der Waals surface area contributed by atoms with Crippen molar-refractivity contribution < 1.29 is 23.7 Å². The molecule has 0 bridgehead atoms. The van der Waals surface area contributed by atoms with Gasteiger partial charge in [0.05, 0.1) is 23.9 Å². The van der Waals surface area contributed by atoms with E-state index in [-0.39, 0.29) is 12.7 Å². The van der Waals surface area contributed by atoms with Gasteiger partial charge < -0.3 is 23.8 Å². The van der Waals surface area contributed by atoms with E-state index in [4.69, 9.17) is 18.9 Å². The molecular weight excluding hydrogens is 454 g/mol. The van der Waals surface area contributed by atoms with Crippen molar-refractivity contribution in [3.63, 3.8) is 0 Å². The summed E-state index contributed by atoms with van der Waals surface area (Å²) >= 11 is 3.43. The molecule has 1 unspecified atom stereocenters. The van der Waals surface area contributed by atoms with Gasteiger partial charge in [0.1, 0.15) is 0 Å². The van der Waals surface area contributed by atoms with Gasteiger partial charge in [0.25, 0.3) is 5.91 Å². The molecule has 0 spiro atoms. The number of nitrogens with zero attached hydrogens (tertiary/aromatic N) is 2. The number of nitrogens with one attached hydrogen (secondary N) is 1. The Kier molecular flexibility index (Phi) is 6.51. The summed E-state index contributed by atoms with van der Waals surface area (Å²) in [6, 6.07) is 11.4. The summed E-state index contributed by atoms with van der Waals surface area (Å²) < 4.78 is 22.3. The summed E-state index contributed by atoms with van der Waals surface area (Å²) in [7, 11) is 1.50. The molecule has 8 nitrogen and oxygen atoms in total. The fraction of sp³-hybridized carbons (Fsp3) is 0.333. The third-order valence-electron chi connectivity index (χ3n) is 4.88. The van der Waals surface area contributed by atoms with Gasteiger partial charge >= 0.3 is 0 Å². The van der Waals surface area contributed by atoms with Crippen LogP contribution in [0.4, 0.5) is 5.69 Å². The predicted octanol–water partition coefficient (Wildman–Crippen LogP) is 2.85. The second-order valence-electron chi connectivity index (χ2n) is 6.78. The Balaban J connectivity index is 1.39. The van der Waals surface area contributed by atoms with Crippen LogP contribution in [0.2, 0.25) is 0 Å². The lowest BCUT2D eigenvalue weighted by Crippen LogP contribution is -2.36. The van der Waals surface area contributed by atoms with Gasteiger partial charge in [-0.2, -0.15) is 5.10 Å². The number of fused-ring (bicyclic) bond motifs is 1. The Morgan fingerprint density at radius 1 is 1.23 bits per heavy atom. The highest BCUT2D eigenvalue weighted by Gasteiger charge is 2.21. The number of hydrazone groups is 1. The van der Waals surface area contributed by atoms with Gasteiger partial charge in [-0.1, -0.05) is 12.1 Å². The zero-order valence-corrected chi connectivity index (χ0v) is 18.1. The first-order valence-corrected chi connectivity index (χ1v) is 10.3. The van der Waals surface area contributed by atoms with E-state index in [2.05, 4.69) is 31.4 Å². The van der Waals surface area contributed by atoms with Gasteiger partial charge in [0, 0.05) is 25.9 Å². The lowest BCUT2D eigenvalue weighted by Gasteiger charge is -2.29. The predicted molar refractivity (Wildman–Crippen MR) is 115 cm³/mol. The van der Waals surface area contributed by atoms with Gasteiger partial charge in [-0.25, -0.2) is 5.43 Å². The van der Waals surface area contributed by atoms with Gasteiger partial charge in [-0.15, -0.1) is 0 Å². The van der Waals surface area contributed by atoms with Crippen molar-refractivity contribution in [3.05, 3.63) is 52.0 Å². The molecule has 2 aromatic rings. The van der Waals surface area contributed by atoms with Crippen LogP contribution in [0.15, 0.2) is 46.0 Å². The van der Waals surface area contributed by atoms with Crippen LogP contribution in [-0.2, 0) is 14.3 Å². The van der Waals surface area contributed by atoms with E-state index in [1.54, 1.807) is 12.3 Å². The number of carbonyl (C=O) groups excluding carboxylic acids is 1. The minimum atomic E-state index is -0.760. The lowest BCUT2D eigenvalue weighted by atomic mass is 10.1. The number of hydrogen-bond acceptors (Lipinski definition) is 7. The van der Waals surface area contributed by atoms with Crippen LogP contribution in [-0.4, -0.2) is 52.3 Å². The maximum atomic E-state index is 12.6. The van der Waals surface area contributed by atoms with Crippen LogP contribution in [0.1, 0.15) is 17.2 Å². The zero-order valence-electron chi connectivity index (χ0n) is 16.5. The average Bonchev–Trinajstić information content (AvgIpc) is 3.25. The normalized spacial score (nSPS) is 16.7. The van der Waals surface area contributed by atoms with Gasteiger partial charge in [0.2, 0.25) is 6.79 Å². The molecule has 2 aliphatic heterocycles. The average molecular weight is 476 g/mol. The lowest BCUT2D eigenvalue weighted by molar-refractivity contribution is -0.131. The molecule has 30 heavy (non-hydrogen) atoms. The number of halogens is 1. The number of rotatable bonds is 6. The Bertz CT molecular complexity index is 929. The van der Waals surface area contributed by atoms with Crippen LogP contribution in [0.5, 0.6) is 11.5 Å². The fourth-order valence-electron chi connectivity index (χ4n) is 3.37. The van der Waals surface area contributed by atoms with E-state index in [1.165, 1.54) is 7.11 Å². The second kappa shape index (κ2) is 9.46. The van der Waals surface area contributed by atoms with Crippen molar-refractivity contribution in [3.8, 4) is 11.5 Å². The minimum Gasteiger partial charge on any atom is -0.454 e. The van der Waals surface area contributed by atoms with Crippen molar-refractivity contribution in [1.29, 1.82) is 0 Å². The second-order valence-corrected chi connectivity index (χ2v) is 7.63. The van der Waals surface area contributed by atoms with E-state index in [1.807, 2.05) is 30.3 Å². The molecule has 1 fully saturated rings. The first kappa shape index (κ1) is 20.6. The van der Waals surface area contributed by atoms with Crippen molar-refractivity contribution >= 4 is 33.7 Å². The van der Waals surface area contributed by atoms with E-state index in [9.17, 15) is 4.79 Å². The number of benzene rings is 2. The smallest absolute Gasteiger partial charge is 0.273 e. The van der Waals surface area contributed by atoms with Crippen molar-refractivity contribution in [1.82, 2.24) is 5.43 Å². The molecule has 2 aromatic carbocycles. The first-order chi connectivity index (χ1) is 14.7. The van der Waals surface area contributed by atoms with Crippen molar-refractivity contribution in [2.75, 3.05) is 45.1 Å². The van der Waals surface area contributed by atoms with Crippen LogP contribution >= 0.6 is 15.9 Å². The van der Waals surface area contributed by atoms with Gasteiger partial charge in [-0.05, 0) is 51.3 Å². The number of hydrogen-bond donors (Lipinski definition) is 1. The highest BCUT2D eigenvalue weighted by atomic mass is 79.9. The van der Waals surface area contributed by atoms with Crippen LogP contribution in [0.3, 0.4) is 0 Å². The summed E-state index contributed by atoms with van der Waals surface area (Å²) in [6.07, 6.45) is 0.781. The Morgan fingerprint density at radius 2 is 2.00 bits per heavy atom. The number of methoxy groups -OCH3 is 1. The van der Waals surface area contributed by atoms with Crippen LogP contribution in [0.25, 0.3) is 0 Å². The van der Waals surface area contributed by atoms with Crippen molar-refractivity contribution in [2.45, 2.75) is 6.10 Å². The Hall–Kier alpha value is -2.62. The quantitative estimate of drug-likeness (QED) is 0.510. The molecule has 2 aliphatic rings. The third kappa shape index (κ3) is 4.58. The summed E-state index contributed by atoms with van der Waals surface area (Å²) in [6.45, 7) is 3.35. The van der Waals surface area contributed by atoms with Crippen LogP contribution in [0, 0.1) is 0 Å². The number of amides is 1. The Morgan fingerprint density at radius 3 is 2.73 bits per heavy atom. The van der Waals surface area contributed by atoms with Crippen molar-refractivity contribution in [2.24, 2.45) is 5.10 Å². The van der Waals surface area contributed by atoms with Gasteiger partial charge in [0.15, 0.2) is 17.6 Å². The number of carbonyl (C=O) groups is 1. The third-order valence-corrected chi connectivity index (χ3v) is 5.47. The Labute approximate surface area is 182 Å². The molecule has 0 aliphatic carbocycles. The summed E-state index contributed by atoms with van der Waals surface area (Å²) in [4.78, 5) is 14.8. The van der Waals surface area contributed by atoms with Crippen LogP contribution < -0.4 is 19.8 Å². The standard InChI is InChI=1S/C21H22BrN3O5/c1-27-19(15-2-4-16(5-3-15)25-6-8-28-9-7-25)21(26)24-23-12-14-10-17(22)20-18(11-14)29-13-30-20/h2-5,10-12,19H,6-9,13H2,1H3,(H,24,26)/b23-12+. The number of ether oxygens (including phenoxy) is 4. The number of anilines is 1. The molecule has 158 valence electrons. The zero-order chi connectivity index (χ0) is 20.9. The highest BCUT2D eigenvalue weighted by Crippen LogP contribution is 2.39. The fourth-order valence-corrected chi connectivity index (χ4v) is 3.94. The molecule has 1 atom stereocenters. The monoisotopic (exact) mass is 475 g/mol. The summed E-state index contributed by atoms with van der Waals surface area (Å²) in [5.74, 6) is 0.941. The van der Waals surface area contributed by atoms with E-state index in [0.717, 1.165) is 47.6 Å². The van der Waals surface area contributed by atoms with E-state index >= 15 is 0 Å². The van der Waals surface area contributed by atoms with E-state index in [0.29, 0.717) is 11.5 Å². The SMILES string of the molecule is COC(C(=O)N/N=C/c1cc(Br)c2c(c1)OCO2)c1ccc(N2CCOCC2)cc1. The minimum absolute atomic E-state index is 0.186. The maximum absolute atomic E-state index is 12.6. The molecule has 1 saturated heterocycles.